The second kappa shape index (κ2) is 7.40. The Kier molecular flexibility index (Phi) is 4.60. The van der Waals surface area contributed by atoms with Crippen molar-refractivity contribution >= 4 is 5.91 Å². The van der Waals surface area contributed by atoms with Gasteiger partial charge in [0.2, 0.25) is 0 Å². The van der Waals surface area contributed by atoms with Crippen LogP contribution in [0.25, 0.3) is 17.2 Å². The Morgan fingerprint density at radius 1 is 1.21 bits per heavy atom. The average Bonchev–Trinajstić information content (AvgIpc) is 3.34. The topological polar surface area (TPSA) is 81.9 Å². The van der Waals surface area contributed by atoms with Gasteiger partial charge in [-0.25, -0.2) is 14.6 Å². The number of aromatic nitrogens is 4. The van der Waals surface area contributed by atoms with E-state index >= 15 is 0 Å². The van der Waals surface area contributed by atoms with E-state index in [1.54, 1.807) is 10.9 Å². The number of fused-ring (bicyclic) bond motifs is 3. The van der Waals surface area contributed by atoms with Crippen LogP contribution >= 0.6 is 0 Å². The van der Waals surface area contributed by atoms with E-state index in [1.165, 1.54) is 5.56 Å². The van der Waals surface area contributed by atoms with Gasteiger partial charge in [-0.2, -0.15) is 5.10 Å². The SMILES string of the molecule is Cc1c(C(=O)N[C@@H]2CCOC2)cnn1-c1ncc2c(n1)-c1ccccc1CCC2. The van der Waals surface area contributed by atoms with E-state index in [0.29, 0.717) is 24.7 Å². The lowest BCUT2D eigenvalue weighted by molar-refractivity contribution is 0.0929. The molecule has 3 heterocycles. The third-order valence-corrected chi connectivity index (χ3v) is 5.73. The van der Waals surface area contributed by atoms with Crippen LogP contribution in [0.5, 0.6) is 0 Å². The zero-order chi connectivity index (χ0) is 19.8. The summed E-state index contributed by atoms with van der Waals surface area (Å²) in [5.41, 5.74) is 5.86. The van der Waals surface area contributed by atoms with E-state index in [1.807, 2.05) is 19.2 Å². The maximum absolute atomic E-state index is 12.6. The molecule has 1 aromatic carbocycles. The number of ether oxygens (including phenoxy) is 1. The van der Waals surface area contributed by atoms with Gasteiger partial charge in [0.05, 0.1) is 35.8 Å². The molecule has 3 aromatic rings. The van der Waals surface area contributed by atoms with Crippen LogP contribution in [0.1, 0.15) is 40.0 Å². The molecule has 0 saturated carbocycles. The first-order valence-electron chi connectivity index (χ1n) is 10.1. The van der Waals surface area contributed by atoms with Crippen molar-refractivity contribution < 1.29 is 9.53 Å². The number of aryl methyl sites for hydroxylation is 2. The number of nitrogens with one attached hydrogen (secondary N) is 1. The fourth-order valence-corrected chi connectivity index (χ4v) is 4.10. The molecule has 1 saturated heterocycles. The maximum atomic E-state index is 12.6. The van der Waals surface area contributed by atoms with E-state index < -0.39 is 0 Å². The van der Waals surface area contributed by atoms with Crippen LogP contribution in [0.15, 0.2) is 36.7 Å². The van der Waals surface area contributed by atoms with Crippen LogP contribution in [0, 0.1) is 6.92 Å². The van der Waals surface area contributed by atoms with Gasteiger partial charge < -0.3 is 10.1 Å². The Labute approximate surface area is 169 Å². The fraction of sp³-hybridized carbons (Fsp3) is 0.364. The summed E-state index contributed by atoms with van der Waals surface area (Å²) >= 11 is 0. The number of hydrogen-bond acceptors (Lipinski definition) is 5. The van der Waals surface area contributed by atoms with Crippen LogP contribution in [-0.2, 0) is 17.6 Å². The summed E-state index contributed by atoms with van der Waals surface area (Å²) in [4.78, 5) is 22.1. The van der Waals surface area contributed by atoms with Crippen molar-refractivity contribution in [2.75, 3.05) is 13.2 Å². The van der Waals surface area contributed by atoms with Crippen molar-refractivity contribution in [1.29, 1.82) is 0 Å². The number of rotatable bonds is 3. The highest BCUT2D eigenvalue weighted by Gasteiger charge is 2.23. The van der Waals surface area contributed by atoms with E-state index in [2.05, 4.69) is 33.6 Å². The lowest BCUT2D eigenvalue weighted by atomic mass is 10.0. The Bertz CT molecular complexity index is 1070. The minimum Gasteiger partial charge on any atom is -0.379 e. The quantitative estimate of drug-likeness (QED) is 0.745. The first-order valence-corrected chi connectivity index (χ1v) is 10.1. The van der Waals surface area contributed by atoms with E-state index in [-0.39, 0.29) is 11.9 Å². The molecule has 1 aliphatic heterocycles. The minimum absolute atomic E-state index is 0.0606. The molecule has 0 radical (unpaired) electrons. The zero-order valence-electron chi connectivity index (χ0n) is 16.4. The number of hydrogen-bond donors (Lipinski definition) is 1. The minimum atomic E-state index is -0.135. The molecule has 7 nitrogen and oxygen atoms in total. The molecule has 1 amide bonds. The molecule has 0 unspecified atom stereocenters. The second-order valence-corrected chi connectivity index (χ2v) is 7.64. The molecule has 1 aliphatic carbocycles. The smallest absolute Gasteiger partial charge is 0.255 e. The molecule has 2 aliphatic rings. The predicted molar refractivity (Wildman–Crippen MR) is 108 cm³/mol. The Morgan fingerprint density at radius 2 is 2.07 bits per heavy atom. The molecule has 148 valence electrons. The van der Waals surface area contributed by atoms with Gasteiger partial charge in [0.25, 0.3) is 11.9 Å². The molecule has 1 N–H and O–H groups in total. The number of amides is 1. The second-order valence-electron chi connectivity index (χ2n) is 7.64. The monoisotopic (exact) mass is 389 g/mol. The van der Waals surface area contributed by atoms with Crippen LogP contribution in [-0.4, -0.2) is 44.9 Å². The van der Waals surface area contributed by atoms with Crippen molar-refractivity contribution in [3.63, 3.8) is 0 Å². The molecular weight excluding hydrogens is 366 g/mol. The van der Waals surface area contributed by atoms with Gasteiger partial charge in [0.1, 0.15) is 0 Å². The largest absolute Gasteiger partial charge is 0.379 e. The zero-order valence-corrected chi connectivity index (χ0v) is 16.4. The third kappa shape index (κ3) is 3.31. The Morgan fingerprint density at radius 3 is 2.93 bits per heavy atom. The Hall–Kier alpha value is -3.06. The van der Waals surface area contributed by atoms with Crippen molar-refractivity contribution in [2.45, 2.75) is 38.6 Å². The summed E-state index contributed by atoms with van der Waals surface area (Å²) in [7, 11) is 0. The van der Waals surface area contributed by atoms with Crippen LogP contribution in [0.4, 0.5) is 0 Å². The molecule has 5 rings (SSSR count). The number of nitrogens with zero attached hydrogens (tertiary/aromatic N) is 4. The van der Waals surface area contributed by atoms with Crippen LogP contribution in [0.2, 0.25) is 0 Å². The first-order chi connectivity index (χ1) is 14.2. The average molecular weight is 389 g/mol. The summed E-state index contributed by atoms with van der Waals surface area (Å²) in [5.74, 6) is 0.352. The lowest BCUT2D eigenvalue weighted by Crippen LogP contribution is -2.35. The molecule has 1 fully saturated rings. The third-order valence-electron chi connectivity index (χ3n) is 5.73. The van der Waals surface area contributed by atoms with Gasteiger partial charge in [0, 0.05) is 18.4 Å². The number of benzene rings is 1. The highest BCUT2D eigenvalue weighted by atomic mass is 16.5. The first kappa shape index (κ1) is 18.0. The normalized spacial score (nSPS) is 18.0. The highest BCUT2D eigenvalue weighted by molar-refractivity contribution is 5.95. The summed E-state index contributed by atoms with van der Waals surface area (Å²) in [6.45, 7) is 3.12. The van der Waals surface area contributed by atoms with E-state index in [0.717, 1.165) is 48.2 Å². The fourth-order valence-electron chi connectivity index (χ4n) is 4.10. The van der Waals surface area contributed by atoms with Gasteiger partial charge in [-0.15, -0.1) is 0 Å². The summed E-state index contributed by atoms with van der Waals surface area (Å²) in [6, 6.07) is 8.47. The molecule has 1 atom stereocenters. The molecule has 0 spiro atoms. The Balaban J connectivity index is 1.49. The van der Waals surface area contributed by atoms with Crippen molar-refractivity contribution in [1.82, 2.24) is 25.1 Å². The summed E-state index contributed by atoms with van der Waals surface area (Å²) < 4.78 is 6.98. The van der Waals surface area contributed by atoms with Gasteiger partial charge in [-0.3, -0.25) is 4.79 Å². The molecule has 2 aromatic heterocycles. The van der Waals surface area contributed by atoms with Crippen LogP contribution in [0.3, 0.4) is 0 Å². The van der Waals surface area contributed by atoms with E-state index in [9.17, 15) is 4.79 Å². The summed E-state index contributed by atoms with van der Waals surface area (Å²) in [6.07, 6.45) is 7.41. The van der Waals surface area contributed by atoms with E-state index in [4.69, 9.17) is 9.72 Å². The van der Waals surface area contributed by atoms with Crippen molar-refractivity contribution in [3.8, 4) is 17.2 Å². The highest BCUT2D eigenvalue weighted by Crippen LogP contribution is 2.31. The maximum Gasteiger partial charge on any atom is 0.255 e. The lowest BCUT2D eigenvalue weighted by Gasteiger charge is -2.11. The predicted octanol–water partition coefficient (Wildman–Crippen LogP) is 2.65. The van der Waals surface area contributed by atoms with Crippen LogP contribution < -0.4 is 5.32 Å². The molecule has 29 heavy (non-hydrogen) atoms. The van der Waals surface area contributed by atoms with Crippen molar-refractivity contribution in [2.24, 2.45) is 0 Å². The molecular formula is C22H23N5O2. The molecule has 7 heteroatoms. The van der Waals surface area contributed by atoms with Gasteiger partial charge in [-0.05, 0) is 43.7 Å². The molecule has 0 bridgehead atoms. The number of carbonyl (C=O) groups is 1. The number of carbonyl (C=O) groups excluding carboxylic acids is 1. The standard InChI is InChI=1S/C22H23N5O2/c1-14-19(21(28)25-17-9-10-29-13-17)12-24-27(14)22-23-11-16-7-4-6-15-5-2-3-8-18(15)20(16)26-22/h2-3,5,8,11-12,17H,4,6-7,9-10,13H2,1H3,(H,25,28)/t17-/m1/s1. The van der Waals surface area contributed by atoms with Gasteiger partial charge in [0.15, 0.2) is 0 Å². The van der Waals surface area contributed by atoms with Gasteiger partial charge >= 0.3 is 0 Å². The van der Waals surface area contributed by atoms with Crippen molar-refractivity contribution in [3.05, 3.63) is 59.0 Å². The summed E-state index contributed by atoms with van der Waals surface area (Å²) in [5, 5.41) is 7.42. The van der Waals surface area contributed by atoms with Gasteiger partial charge in [-0.1, -0.05) is 24.3 Å².